The van der Waals surface area contributed by atoms with Crippen LogP contribution in [0.1, 0.15) is 105 Å². The second-order valence-corrected chi connectivity index (χ2v) is 12.7. The van der Waals surface area contributed by atoms with Gasteiger partial charge in [0, 0.05) is 11.5 Å². The maximum atomic E-state index is 11.2. The molecular formula is C27H49NO. The van der Waals surface area contributed by atoms with Crippen molar-refractivity contribution in [3.8, 4) is 0 Å². The lowest BCUT2D eigenvalue weighted by atomic mass is 9.43. The molecule has 2 nitrogen and oxygen atoms in total. The summed E-state index contributed by atoms with van der Waals surface area (Å²) in [7, 11) is 0. The van der Waals surface area contributed by atoms with E-state index < -0.39 is 0 Å². The third kappa shape index (κ3) is 3.53. The van der Waals surface area contributed by atoms with Crippen molar-refractivity contribution in [1.29, 1.82) is 0 Å². The van der Waals surface area contributed by atoms with Crippen LogP contribution in [-0.2, 0) is 0 Å². The molecule has 4 aliphatic carbocycles. The Labute approximate surface area is 180 Å². The minimum Gasteiger partial charge on any atom is -0.391 e. The molecule has 4 saturated carbocycles. The standard InChI is InChI=1S/C27H49NO/c1-17(2)7-6-8-18(3)21-12-13-22-20-11-9-19-10-14-24(28)25(29)27(19,5)23(20)15-16-26(21,22)4/h17-25,29H,6-16,28H2,1-5H3/t18-,19?,20+,21-,22+,23+,24?,25?,26-,27+/m1/s1. The van der Waals surface area contributed by atoms with E-state index in [1.54, 1.807) is 0 Å². The number of aliphatic hydroxyl groups excluding tert-OH is 1. The Morgan fingerprint density at radius 2 is 1.62 bits per heavy atom. The van der Waals surface area contributed by atoms with Gasteiger partial charge in [-0.15, -0.1) is 0 Å². The molecule has 0 aromatic carbocycles. The number of aliphatic hydroxyl groups is 1. The number of hydrogen-bond acceptors (Lipinski definition) is 2. The fourth-order valence-corrected chi connectivity index (χ4v) is 9.42. The zero-order valence-electron chi connectivity index (χ0n) is 20.0. The summed E-state index contributed by atoms with van der Waals surface area (Å²) in [5, 5.41) is 11.2. The van der Waals surface area contributed by atoms with Gasteiger partial charge in [-0.25, -0.2) is 0 Å². The van der Waals surface area contributed by atoms with Crippen LogP contribution in [-0.4, -0.2) is 17.3 Å². The van der Waals surface area contributed by atoms with E-state index in [1.165, 1.54) is 64.2 Å². The van der Waals surface area contributed by atoms with Crippen molar-refractivity contribution in [1.82, 2.24) is 0 Å². The summed E-state index contributed by atoms with van der Waals surface area (Å²) in [5.74, 6) is 5.77. The van der Waals surface area contributed by atoms with Crippen LogP contribution >= 0.6 is 0 Å². The molecule has 3 unspecified atom stereocenters. The first-order valence-electron chi connectivity index (χ1n) is 13.1. The summed E-state index contributed by atoms with van der Waals surface area (Å²) in [6.07, 6.45) is 14.6. The Kier molecular flexibility index (Phi) is 6.19. The van der Waals surface area contributed by atoms with Crippen LogP contribution in [0, 0.1) is 52.3 Å². The van der Waals surface area contributed by atoms with E-state index in [9.17, 15) is 5.11 Å². The molecule has 0 aliphatic heterocycles. The Bertz CT molecular complexity index is 571. The van der Waals surface area contributed by atoms with E-state index in [0.717, 1.165) is 36.0 Å². The second kappa shape index (κ2) is 8.12. The Morgan fingerprint density at radius 1 is 0.897 bits per heavy atom. The highest BCUT2D eigenvalue weighted by Gasteiger charge is 2.62. The van der Waals surface area contributed by atoms with Gasteiger partial charge in [-0.3, -0.25) is 0 Å². The molecule has 0 bridgehead atoms. The van der Waals surface area contributed by atoms with Crippen LogP contribution in [0.5, 0.6) is 0 Å². The van der Waals surface area contributed by atoms with Gasteiger partial charge in [0.25, 0.3) is 0 Å². The lowest BCUT2D eigenvalue weighted by Crippen LogP contribution is -2.62. The number of nitrogens with two attached hydrogens (primary N) is 1. The molecule has 0 radical (unpaired) electrons. The van der Waals surface area contributed by atoms with Crippen LogP contribution in [0.3, 0.4) is 0 Å². The van der Waals surface area contributed by atoms with Gasteiger partial charge in [0.2, 0.25) is 0 Å². The quantitative estimate of drug-likeness (QED) is 0.557. The van der Waals surface area contributed by atoms with Crippen LogP contribution in [0.15, 0.2) is 0 Å². The molecular weight excluding hydrogens is 354 g/mol. The van der Waals surface area contributed by atoms with E-state index >= 15 is 0 Å². The van der Waals surface area contributed by atoms with E-state index in [2.05, 4.69) is 34.6 Å². The van der Waals surface area contributed by atoms with Crippen molar-refractivity contribution in [2.45, 2.75) is 117 Å². The first-order valence-corrected chi connectivity index (χ1v) is 13.1. The summed E-state index contributed by atoms with van der Waals surface area (Å²) < 4.78 is 0. The highest BCUT2D eigenvalue weighted by atomic mass is 16.3. The summed E-state index contributed by atoms with van der Waals surface area (Å²) in [4.78, 5) is 0. The van der Waals surface area contributed by atoms with Gasteiger partial charge in [0.15, 0.2) is 0 Å². The third-order valence-corrected chi connectivity index (χ3v) is 11.1. The van der Waals surface area contributed by atoms with Crippen LogP contribution in [0.4, 0.5) is 0 Å². The van der Waals surface area contributed by atoms with Gasteiger partial charge in [0.1, 0.15) is 0 Å². The van der Waals surface area contributed by atoms with Crippen molar-refractivity contribution in [3.05, 3.63) is 0 Å². The van der Waals surface area contributed by atoms with E-state index in [4.69, 9.17) is 5.73 Å². The average molecular weight is 404 g/mol. The summed E-state index contributed by atoms with van der Waals surface area (Å²) >= 11 is 0. The molecule has 4 fully saturated rings. The number of fused-ring (bicyclic) bond motifs is 5. The fraction of sp³-hybridized carbons (Fsp3) is 1.00. The summed E-state index contributed by atoms with van der Waals surface area (Å²) in [6, 6.07) is 0.000571. The third-order valence-electron chi connectivity index (χ3n) is 11.1. The molecule has 4 aliphatic rings. The summed E-state index contributed by atoms with van der Waals surface area (Å²) in [6.45, 7) is 12.4. The van der Waals surface area contributed by atoms with Crippen LogP contribution < -0.4 is 5.73 Å². The SMILES string of the molecule is CC(C)CCC[C@@H](C)[C@H]1CC[C@H]2[C@@H]3CCC4CCC(N)C(O)[C@]4(C)[C@H]3CC[C@]12C. The molecule has 0 saturated heterocycles. The predicted molar refractivity (Wildman–Crippen MR) is 122 cm³/mol. The maximum Gasteiger partial charge on any atom is 0.0749 e. The zero-order chi connectivity index (χ0) is 21.0. The minimum atomic E-state index is -0.287. The highest BCUT2D eigenvalue weighted by molar-refractivity contribution is 5.12. The molecule has 10 atom stereocenters. The van der Waals surface area contributed by atoms with Gasteiger partial charge in [-0.1, -0.05) is 53.9 Å². The Hall–Kier alpha value is -0.0800. The van der Waals surface area contributed by atoms with Crippen molar-refractivity contribution in [2.75, 3.05) is 0 Å². The Morgan fingerprint density at radius 3 is 2.34 bits per heavy atom. The topological polar surface area (TPSA) is 46.2 Å². The van der Waals surface area contributed by atoms with Crippen molar-refractivity contribution >= 4 is 0 Å². The second-order valence-electron chi connectivity index (χ2n) is 12.7. The van der Waals surface area contributed by atoms with E-state index in [0.29, 0.717) is 17.3 Å². The molecule has 0 spiro atoms. The van der Waals surface area contributed by atoms with Gasteiger partial charge >= 0.3 is 0 Å². The monoisotopic (exact) mass is 403 g/mol. The smallest absolute Gasteiger partial charge is 0.0749 e. The Balaban J connectivity index is 1.50. The first-order chi connectivity index (χ1) is 13.7. The normalized spacial score (nSPS) is 50.7. The van der Waals surface area contributed by atoms with Crippen LogP contribution in [0.25, 0.3) is 0 Å². The van der Waals surface area contributed by atoms with Crippen molar-refractivity contribution in [2.24, 2.45) is 58.0 Å². The molecule has 0 aromatic heterocycles. The fourth-order valence-electron chi connectivity index (χ4n) is 9.42. The molecule has 29 heavy (non-hydrogen) atoms. The zero-order valence-corrected chi connectivity index (χ0v) is 20.0. The lowest BCUT2D eigenvalue weighted by Gasteiger charge is -2.62. The number of hydrogen-bond donors (Lipinski definition) is 2. The molecule has 0 heterocycles. The molecule has 2 heteroatoms. The van der Waals surface area contributed by atoms with Gasteiger partial charge < -0.3 is 10.8 Å². The highest BCUT2D eigenvalue weighted by Crippen LogP contribution is 2.68. The van der Waals surface area contributed by atoms with E-state index in [1.807, 2.05) is 0 Å². The maximum absolute atomic E-state index is 11.2. The summed E-state index contributed by atoms with van der Waals surface area (Å²) in [5.41, 5.74) is 7.02. The molecule has 168 valence electrons. The van der Waals surface area contributed by atoms with Crippen LogP contribution in [0.2, 0.25) is 0 Å². The molecule has 3 N–H and O–H groups in total. The minimum absolute atomic E-state index is 0.000571. The van der Waals surface area contributed by atoms with Crippen molar-refractivity contribution in [3.63, 3.8) is 0 Å². The largest absolute Gasteiger partial charge is 0.391 e. The lowest BCUT2D eigenvalue weighted by molar-refractivity contribution is -0.169. The molecule has 0 aromatic rings. The van der Waals surface area contributed by atoms with E-state index in [-0.39, 0.29) is 17.6 Å². The average Bonchev–Trinajstić information content (AvgIpc) is 3.02. The predicted octanol–water partition coefficient (Wildman–Crippen LogP) is 6.41. The first kappa shape index (κ1) is 22.1. The number of rotatable bonds is 5. The van der Waals surface area contributed by atoms with Gasteiger partial charge in [-0.05, 0) is 98.2 Å². The molecule has 4 rings (SSSR count). The van der Waals surface area contributed by atoms with Gasteiger partial charge in [0.05, 0.1) is 6.10 Å². The van der Waals surface area contributed by atoms with Crippen molar-refractivity contribution < 1.29 is 5.11 Å². The molecule has 0 amide bonds. The van der Waals surface area contributed by atoms with Gasteiger partial charge in [-0.2, -0.15) is 0 Å².